The Morgan fingerprint density at radius 3 is 1.65 bits per heavy atom. The number of unbranched alkanes of at least 4 members (excludes halogenated alkanes) is 3. The van der Waals surface area contributed by atoms with Crippen LogP contribution in [0.3, 0.4) is 0 Å². The van der Waals surface area contributed by atoms with E-state index in [-0.39, 0.29) is 41.3 Å². The molecular formula is C38H46IN5O8. The Bertz CT molecular complexity index is 1910. The van der Waals surface area contributed by atoms with Crippen molar-refractivity contribution in [3.8, 4) is 0 Å². The van der Waals surface area contributed by atoms with Gasteiger partial charge in [0.25, 0.3) is 11.4 Å². The van der Waals surface area contributed by atoms with Gasteiger partial charge in [-0.2, -0.15) is 0 Å². The lowest BCUT2D eigenvalue weighted by Gasteiger charge is -2.16. The van der Waals surface area contributed by atoms with E-state index in [2.05, 4.69) is 18.8 Å². The summed E-state index contributed by atoms with van der Waals surface area (Å²) in [6, 6.07) is 20.5. The smallest absolute Gasteiger partial charge is 0.419 e. The van der Waals surface area contributed by atoms with Gasteiger partial charge in [-0.05, 0) is 44.0 Å². The molecule has 0 saturated heterocycles. The van der Waals surface area contributed by atoms with Crippen molar-refractivity contribution in [3.05, 3.63) is 123 Å². The van der Waals surface area contributed by atoms with Gasteiger partial charge in [-0.25, -0.2) is 14.3 Å². The fourth-order valence-corrected chi connectivity index (χ4v) is 5.37. The minimum absolute atomic E-state index is 0. The number of imidazole rings is 1. The number of esters is 1. The molecule has 0 spiro atoms. The summed E-state index contributed by atoms with van der Waals surface area (Å²) >= 11 is 0. The summed E-state index contributed by atoms with van der Waals surface area (Å²) in [4.78, 5) is 49.4. The third-order valence-corrected chi connectivity index (χ3v) is 7.94. The average molecular weight is 828 g/mol. The van der Waals surface area contributed by atoms with Crippen molar-refractivity contribution >= 4 is 69.0 Å². The molecule has 1 heterocycles. The number of carbonyl (C=O) groups is 2. The van der Waals surface area contributed by atoms with Crippen LogP contribution in [0.2, 0.25) is 0 Å². The van der Waals surface area contributed by atoms with Gasteiger partial charge in [0.15, 0.2) is 0 Å². The molecule has 5 aromatic rings. The van der Waals surface area contributed by atoms with E-state index in [1.54, 1.807) is 56.3 Å². The second-order valence-electron chi connectivity index (χ2n) is 11.7. The van der Waals surface area contributed by atoms with Gasteiger partial charge >= 0.3 is 12.1 Å². The van der Waals surface area contributed by atoms with Crippen LogP contribution in [0.1, 0.15) is 89.6 Å². The summed E-state index contributed by atoms with van der Waals surface area (Å²) in [6.45, 7) is 8.48. The van der Waals surface area contributed by atoms with E-state index >= 15 is 0 Å². The van der Waals surface area contributed by atoms with Crippen molar-refractivity contribution in [1.29, 1.82) is 0 Å². The Morgan fingerprint density at radius 1 is 0.769 bits per heavy atom. The fraction of sp³-hybridized carbons (Fsp3) is 0.342. The molecule has 4 aromatic carbocycles. The largest absolute Gasteiger partial charge is 0.458 e. The maximum atomic E-state index is 12.0. The summed E-state index contributed by atoms with van der Waals surface area (Å²) < 4.78 is 12.1. The highest BCUT2D eigenvalue weighted by Crippen LogP contribution is 2.35. The van der Waals surface area contributed by atoms with Crippen molar-refractivity contribution in [2.45, 2.75) is 78.4 Å². The Balaban J connectivity index is 0.000000314. The lowest BCUT2D eigenvalue weighted by molar-refractivity contribution is -0.383. The molecule has 2 N–H and O–H groups in total. The van der Waals surface area contributed by atoms with Gasteiger partial charge in [-0.15, -0.1) is 24.0 Å². The SMILES string of the molecule is CC(OC(=O)n1ccnc1)c1cccc2cccc([N+](=O)[O-])c12.CCCCCC(=O)OC(C)c1cccc2cccc([N+](=O)[O-])c12.CCCCN.I. The van der Waals surface area contributed by atoms with Crippen LogP contribution in [0, 0.1) is 20.2 Å². The van der Waals surface area contributed by atoms with Crippen LogP contribution in [-0.2, 0) is 14.3 Å². The number of nitro benzene ring substituents is 2. The normalized spacial score (nSPS) is 11.5. The lowest BCUT2D eigenvalue weighted by atomic mass is 9.99. The molecule has 0 amide bonds. The zero-order valence-corrected chi connectivity index (χ0v) is 32.1. The number of non-ortho nitro benzene ring substituents is 2. The van der Waals surface area contributed by atoms with Crippen LogP contribution >= 0.6 is 24.0 Å². The highest BCUT2D eigenvalue weighted by Gasteiger charge is 2.22. The first-order valence-electron chi connectivity index (χ1n) is 16.9. The molecule has 0 bridgehead atoms. The number of hydrogen-bond acceptors (Lipinski definition) is 10. The van der Waals surface area contributed by atoms with E-state index in [1.807, 2.05) is 18.2 Å². The van der Waals surface area contributed by atoms with E-state index < -0.39 is 28.1 Å². The molecule has 0 aliphatic heterocycles. The summed E-state index contributed by atoms with van der Waals surface area (Å²) in [5, 5.41) is 25.1. The third-order valence-electron chi connectivity index (χ3n) is 7.94. The number of nitro groups is 2. The van der Waals surface area contributed by atoms with E-state index in [0.717, 1.165) is 36.6 Å². The molecule has 0 fully saturated rings. The van der Waals surface area contributed by atoms with Gasteiger partial charge in [0.05, 0.1) is 20.6 Å². The molecule has 1 aromatic heterocycles. The predicted octanol–water partition coefficient (Wildman–Crippen LogP) is 9.99. The van der Waals surface area contributed by atoms with Crippen LogP contribution < -0.4 is 5.73 Å². The fourth-order valence-electron chi connectivity index (χ4n) is 5.37. The van der Waals surface area contributed by atoms with Crippen molar-refractivity contribution in [1.82, 2.24) is 9.55 Å². The van der Waals surface area contributed by atoms with Crippen LogP contribution in [0.4, 0.5) is 16.2 Å². The van der Waals surface area contributed by atoms with E-state index in [0.29, 0.717) is 28.3 Å². The zero-order chi connectivity index (χ0) is 37.3. The first kappa shape index (κ1) is 43.2. The Hall–Kier alpha value is -4.96. The molecule has 0 radical (unpaired) electrons. The zero-order valence-electron chi connectivity index (χ0n) is 29.8. The van der Waals surface area contributed by atoms with Crippen molar-refractivity contribution in [2.75, 3.05) is 6.54 Å². The number of ether oxygens (including phenoxy) is 2. The van der Waals surface area contributed by atoms with Gasteiger partial charge < -0.3 is 15.2 Å². The number of halogens is 1. The number of nitrogens with zero attached hydrogens (tertiary/aromatic N) is 4. The molecule has 14 heteroatoms. The molecular weight excluding hydrogens is 781 g/mol. The van der Waals surface area contributed by atoms with Gasteiger partial charge in [0.1, 0.15) is 18.5 Å². The summed E-state index contributed by atoms with van der Waals surface area (Å²) in [6.07, 6.45) is 8.12. The molecule has 0 aliphatic rings. The van der Waals surface area contributed by atoms with Gasteiger partial charge in [-0.3, -0.25) is 25.0 Å². The van der Waals surface area contributed by atoms with E-state index in [9.17, 15) is 29.8 Å². The first-order chi connectivity index (χ1) is 24.5. The molecule has 0 saturated carbocycles. The number of nitrogens with two attached hydrogens (primary N) is 1. The molecule has 2 atom stereocenters. The van der Waals surface area contributed by atoms with Crippen molar-refractivity contribution in [2.24, 2.45) is 5.73 Å². The topological polar surface area (TPSA) is 183 Å². The standard InChI is InChI=1S/C18H21NO4.C16H13N3O4.C4H11N.HI/c1-3-4-5-12-17(20)23-13(2)15-10-6-8-14-9-7-11-16(18(14)15)19(21)22;1-11(23-16(20)18-9-8-17-10-18)13-6-2-4-12-5-3-7-14(15(12)13)19(21)22;1-2-3-4-5;/h6-11,13H,3-5,12H2,1-2H3;2-11H,1H3;2-5H2,1H3;1H. The summed E-state index contributed by atoms with van der Waals surface area (Å²) in [7, 11) is 0. The van der Waals surface area contributed by atoms with Gasteiger partial charge in [-0.1, -0.05) is 93.8 Å². The monoisotopic (exact) mass is 827 g/mol. The number of aromatic nitrogens is 2. The minimum Gasteiger partial charge on any atom is -0.458 e. The Morgan fingerprint density at radius 2 is 1.25 bits per heavy atom. The van der Waals surface area contributed by atoms with Crippen LogP contribution in [0.25, 0.3) is 21.5 Å². The Labute approximate surface area is 319 Å². The van der Waals surface area contributed by atoms with Crippen molar-refractivity contribution < 1.29 is 28.9 Å². The number of fused-ring (bicyclic) bond motifs is 2. The Kier molecular flexibility index (Phi) is 18.3. The molecule has 52 heavy (non-hydrogen) atoms. The second-order valence-corrected chi connectivity index (χ2v) is 11.7. The number of rotatable bonds is 12. The number of benzene rings is 4. The number of hydrogen-bond donors (Lipinski definition) is 1. The summed E-state index contributed by atoms with van der Waals surface area (Å²) in [5.41, 5.74) is 6.41. The number of carbonyl (C=O) groups excluding carboxylic acids is 2. The molecule has 278 valence electrons. The molecule has 5 rings (SSSR count). The molecule has 2 unspecified atom stereocenters. The molecule has 13 nitrogen and oxygen atoms in total. The maximum absolute atomic E-state index is 12.0. The third kappa shape index (κ3) is 12.1. The van der Waals surface area contributed by atoms with Crippen LogP contribution in [-0.4, -0.2) is 38.0 Å². The highest BCUT2D eigenvalue weighted by molar-refractivity contribution is 14.0. The molecule has 0 aliphatic carbocycles. The van der Waals surface area contributed by atoms with Gasteiger partial charge in [0, 0.05) is 42.1 Å². The summed E-state index contributed by atoms with van der Waals surface area (Å²) in [5.74, 6) is -0.262. The van der Waals surface area contributed by atoms with Gasteiger partial charge in [0.2, 0.25) is 0 Å². The quantitative estimate of drug-likeness (QED) is 0.0418. The average Bonchev–Trinajstić information content (AvgIpc) is 3.67. The lowest BCUT2D eigenvalue weighted by Crippen LogP contribution is -2.14. The van der Waals surface area contributed by atoms with Crippen LogP contribution in [0.15, 0.2) is 91.5 Å². The second kappa shape index (κ2) is 22.1. The van der Waals surface area contributed by atoms with E-state index in [1.165, 1.54) is 48.3 Å². The first-order valence-corrected chi connectivity index (χ1v) is 16.9. The minimum atomic E-state index is -0.644. The predicted molar refractivity (Wildman–Crippen MR) is 212 cm³/mol. The maximum Gasteiger partial charge on any atom is 0.419 e. The highest BCUT2D eigenvalue weighted by atomic mass is 127. The van der Waals surface area contributed by atoms with Crippen LogP contribution in [0.5, 0.6) is 0 Å². The van der Waals surface area contributed by atoms with E-state index in [4.69, 9.17) is 15.2 Å². The van der Waals surface area contributed by atoms with Crippen molar-refractivity contribution in [3.63, 3.8) is 0 Å².